The van der Waals surface area contributed by atoms with E-state index in [1.54, 1.807) is 18.2 Å². The van der Waals surface area contributed by atoms with Gasteiger partial charge in [-0.25, -0.2) is 0 Å². The molecule has 0 saturated heterocycles. The minimum atomic E-state index is -4.76. The van der Waals surface area contributed by atoms with Crippen LogP contribution in [0.15, 0.2) is 60.7 Å². The van der Waals surface area contributed by atoms with Gasteiger partial charge in [-0.3, -0.25) is 0 Å². The molecule has 0 amide bonds. The summed E-state index contributed by atoms with van der Waals surface area (Å²) in [7, 11) is 0. The summed E-state index contributed by atoms with van der Waals surface area (Å²) in [5.41, 5.74) is 4.00. The molecule has 3 aromatic carbocycles. The number of rotatable bonds is 5. The highest BCUT2D eigenvalue weighted by atomic mass is 19.4. The molecular weight excluding hydrogens is 361 g/mol. The van der Waals surface area contributed by atoms with Crippen molar-refractivity contribution in [3.8, 4) is 23.2 Å². The van der Waals surface area contributed by atoms with Crippen LogP contribution in [-0.2, 0) is 11.2 Å². The van der Waals surface area contributed by atoms with E-state index in [0.29, 0.717) is 5.56 Å². The third-order valence-electron chi connectivity index (χ3n) is 4.59. The SMILES string of the molecule is CCCCCc1ccc(-c2ccc3c(C#COC(F)(F)F)cccc3c2)cc1. The molecule has 4 heteroatoms. The smallest absolute Gasteiger partial charge is 0.352 e. The first-order chi connectivity index (χ1) is 13.5. The Bertz CT molecular complexity index is 992. The molecule has 0 fully saturated rings. The van der Waals surface area contributed by atoms with Crippen LogP contribution >= 0.6 is 0 Å². The topological polar surface area (TPSA) is 9.23 Å². The summed E-state index contributed by atoms with van der Waals surface area (Å²) in [5, 5.41) is 1.71. The average Bonchev–Trinajstić information content (AvgIpc) is 2.67. The maximum Gasteiger partial charge on any atom is 0.581 e. The molecule has 0 aliphatic heterocycles. The summed E-state index contributed by atoms with van der Waals surface area (Å²) < 4.78 is 39.9. The Labute approximate surface area is 163 Å². The van der Waals surface area contributed by atoms with Crippen LogP contribution in [0.1, 0.15) is 37.3 Å². The van der Waals surface area contributed by atoms with Gasteiger partial charge in [0.15, 0.2) is 0 Å². The fourth-order valence-corrected chi connectivity index (χ4v) is 3.15. The first-order valence-electron chi connectivity index (χ1n) is 9.34. The molecule has 3 aromatic rings. The van der Waals surface area contributed by atoms with Crippen LogP contribution in [0.25, 0.3) is 21.9 Å². The molecule has 0 aliphatic rings. The van der Waals surface area contributed by atoms with Crippen LogP contribution in [0.4, 0.5) is 13.2 Å². The molecule has 0 spiro atoms. The second-order valence-corrected chi connectivity index (χ2v) is 6.67. The molecule has 0 bridgehead atoms. The highest BCUT2D eigenvalue weighted by molar-refractivity contribution is 5.91. The Morgan fingerprint density at radius 2 is 1.64 bits per heavy atom. The van der Waals surface area contributed by atoms with Crippen molar-refractivity contribution in [2.75, 3.05) is 0 Å². The molecule has 3 rings (SSSR count). The van der Waals surface area contributed by atoms with Crippen molar-refractivity contribution in [1.29, 1.82) is 0 Å². The molecule has 144 valence electrons. The summed E-state index contributed by atoms with van der Waals surface area (Å²) in [4.78, 5) is 0. The van der Waals surface area contributed by atoms with Crippen molar-refractivity contribution in [3.05, 3.63) is 71.8 Å². The lowest BCUT2D eigenvalue weighted by molar-refractivity contribution is -0.291. The standard InChI is InChI=1S/C24H21F3O/c1-2-3-4-6-18-9-11-19(12-10-18)21-13-14-23-20(7-5-8-22(23)17-21)15-16-28-24(25,26)27/h5,7-14,17H,2-4,6H2,1H3. The van der Waals surface area contributed by atoms with Gasteiger partial charge in [0.2, 0.25) is 0 Å². The van der Waals surface area contributed by atoms with Gasteiger partial charge in [0.25, 0.3) is 0 Å². The number of alkyl halides is 3. The zero-order valence-electron chi connectivity index (χ0n) is 15.6. The van der Waals surface area contributed by atoms with E-state index >= 15 is 0 Å². The molecular formula is C24H21F3O. The van der Waals surface area contributed by atoms with E-state index in [2.05, 4.69) is 41.8 Å². The molecule has 28 heavy (non-hydrogen) atoms. The molecule has 0 atom stereocenters. The molecule has 0 radical (unpaired) electrons. The van der Waals surface area contributed by atoms with E-state index in [4.69, 9.17) is 0 Å². The van der Waals surface area contributed by atoms with Crippen molar-refractivity contribution in [3.63, 3.8) is 0 Å². The van der Waals surface area contributed by atoms with Gasteiger partial charge in [-0.15, -0.1) is 13.2 Å². The van der Waals surface area contributed by atoms with Gasteiger partial charge in [-0.1, -0.05) is 68.3 Å². The van der Waals surface area contributed by atoms with Gasteiger partial charge in [0.1, 0.15) is 6.11 Å². The van der Waals surface area contributed by atoms with Gasteiger partial charge in [0, 0.05) is 5.56 Å². The average molecular weight is 382 g/mol. The largest absolute Gasteiger partial charge is 0.581 e. The summed E-state index contributed by atoms with van der Waals surface area (Å²) in [5.74, 6) is 2.44. The lowest BCUT2D eigenvalue weighted by atomic mass is 9.97. The third-order valence-corrected chi connectivity index (χ3v) is 4.59. The van der Waals surface area contributed by atoms with E-state index in [0.717, 1.165) is 28.3 Å². The van der Waals surface area contributed by atoms with Crippen molar-refractivity contribution in [2.24, 2.45) is 0 Å². The quantitative estimate of drug-likeness (QED) is 0.338. The lowest BCUT2D eigenvalue weighted by Gasteiger charge is -2.07. The van der Waals surface area contributed by atoms with Gasteiger partial charge < -0.3 is 4.74 Å². The van der Waals surface area contributed by atoms with Crippen LogP contribution in [0, 0.1) is 12.0 Å². The van der Waals surface area contributed by atoms with Crippen LogP contribution in [0.3, 0.4) is 0 Å². The van der Waals surface area contributed by atoms with E-state index in [-0.39, 0.29) is 0 Å². The maximum absolute atomic E-state index is 12.1. The fraction of sp³-hybridized carbons (Fsp3) is 0.250. The number of hydrogen-bond acceptors (Lipinski definition) is 1. The van der Waals surface area contributed by atoms with E-state index < -0.39 is 6.36 Å². The first-order valence-corrected chi connectivity index (χ1v) is 9.34. The Morgan fingerprint density at radius 3 is 2.36 bits per heavy atom. The number of unbranched alkanes of at least 4 members (excludes halogenated alkanes) is 2. The summed E-state index contributed by atoms with van der Waals surface area (Å²) in [6.45, 7) is 2.20. The summed E-state index contributed by atoms with van der Waals surface area (Å²) in [6, 6.07) is 19.8. The first kappa shape index (κ1) is 19.8. The lowest BCUT2D eigenvalue weighted by Crippen LogP contribution is -2.08. The number of aryl methyl sites for hydroxylation is 1. The second kappa shape index (κ2) is 8.84. The Balaban J connectivity index is 1.83. The van der Waals surface area contributed by atoms with Gasteiger partial charge >= 0.3 is 6.36 Å². The van der Waals surface area contributed by atoms with E-state index in [9.17, 15) is 13.2 Å². The van der Waals surface area contributed by atoms with Gasteiger partial charge in [-0.2, -0.15) is 0 Å². The number of benzene rings is 3. The molecule has 1 nitrogen and oxygen atoms in total. The Hall–Kier alpha value is -2.93. The minimum Gasteiger partial charge on any atom is -0.352 e. The van der Waals surface area contributed by atoms with Crippen molar-refractivity contribution in [2.45, 2.75) is 39.0 Å². The Kier molecular flexibility index (Phi) is 6.26. The molecule has 0 N–H and O–H groups in total. The predicted molar refractivity (Wildman–Crippen MR) is 107 cm³/mol. The minimum absolute atomic E-state index is 0.500. The maximum atomic E-state index is 12.1. The highest BCUT2D eigenvalue weighted by Gasteiger charge is 2.29. The molecule has 0 aliphatic carbocycles. The van der Waals surface area contributed by atoms with Crippen molar-refractivity contribution in [1.82, 2.24) is 0 Å². The monoisotopic (exact) mass is 382 g/mol. The number of ether oxygens (including phenoxy) is 1. The second-order valence-electron chi connectivity index (χ2n) is 6.67. The van der Waals surface area contributed by atoms with Crippen LogP contribution in [-0.4, -0.2) is 6.36 Å². The number of halogens is 3. The van der Waals surface area contributed by atoms with Crippen molar-refractivity contribution >= 4 is 10.8 Å². The molecule has 0 heterocycles. The third kappa shape index (κ3) is 5.29. The van der Waals surface area contributed by atoms with Gasteiger partial charge in [0.05, 0.1) is 0 Å². The molecule has 0 unspecified atom stereocenters. The zero-order chi connectivity index (χ0) is 20.0. The van der Waals surface area contributed by atoms with Crippen LogP contribution in [0.5, 0.6) is 0 Å². The summed E-state index contributed by atoms with van der Waals surface area (Å²) in [6.07, 6.45) is 1.72. The van der Waals surface area contributed by atoms with Gasteiger partial charge in [-0.05, 0) is 58.4 Å². The van der Waals surface area contributed by atoms with Crippen LogP contribution in [0.2, 0.25) is 0 Å². The van der Waals surface area contributed by atoms with E-state index in [1.165, 1.54) is 24.8 Å². The van der Waals surface area contributed by atoms with E-state index in [1.807, 2.05) is 24.3 Å². The zero-order valence-corrected chi connectivity index (χ0v) is 15.6. The Morgan fingerprint density at radius 1 is 0.893 bits per heavy atom. The number of fused-ring (bicyclic) bond motifs is 1. The summed E-state index contributed by atoms with van der Waals surface area (Å²) >= 11 is 0. The normalized spacial score (nSPS) is 11.1. The van der Waals surface area contributed by atoms with Crippen LogP contribution < -0.4 is 0 Å². The number of hydrogen-bond donors (Lipinski definition) is 0. The van der Waals surface area contributed by atoms with Crippen molar-refractivity contribution < 1.29 is 17.9 Å². The molecule has 0 aromatic heterocycles. The highest BCUT2D eigenvalue weighted by Crippen LogP contribution is 2.27. The fourth-order valence-electron chi connectivity index (χ4n) is 3.15. The molecule has 0 saturated carbocycles. The predicted octanol–water partition coefficient (Wildman–Crippen LogP) is 7.08.